The van der Waals surface area contributed by atoms with Crippen LogP contribution in [-0.4, -0.2) is 32.9 Å². The van der Waals surface area contributed by atoms with Gasteiger partial charge >= 0.3 is 0 Å². The quantitative estimate of drug-likeness (QED) is 0.193. The molecular weight excluding hydrogens is 534 g/mol. The zero-order valence-corrected chi connectivity index (χ0v) is 21.5. The van der Waals surface area contributed by atoms with Crippen LogP contribution in [0.2, 0.25) is 5.02 Å². The molecule has 39 heavy (non-hydrogen) atoms. The fraction of sp³-hybridized carbons (Fsp3) is 0.0345. The Balaban J connectivity index is 1.69. The molecule has 4 aromatic rings. The number of nitriles is 2. The van der Waals surface area contributed by atoms with Crippen molar-refractivity contribution in [1.82, 2.24) is 9.88 Å². The Hall–Kier alpha value is -4.96. The Kier molecular flexibility index (Phi) is 6.86. The molecule has 0 saturated heterocycles. The number of anilines is 1. The van der Waals surface area contributed by atoms with Crippen molar-refractivity contribution in [3.63, 3.8) is 0 Å². The number of fused-ring (bicyclic) bond motifs is 1. The maximum atomic E-state index is 13.8. The van der Waals surface area contributed by atoms with Gasteiger partial charge in [0.15, 0.2) is 11.2 Å². The molecule has 0 radical (unpaired) electrons. The van der Waals surface area contributed by atoms with Gasteiger partial charge in [0, 0.05) is 16.1 Å². The van der Waals surface area contributed by atoms with Crippen LogP contribution in [-0.2, 0) is 0 Å². The number of Topliss-reactive ketones (excluding diaryl/α,β-unsaturated/α-hetero) is 1. The van der Waals surface area contributed by atoms with Gasteiger partial charge in [-0.2, -0.15) is 10.5 Å². The number of thioether (sulfide) groups is 1. The molecule has 0 saturated carbocycles. The Bertz CT molecular complexity index is 1730. The summed E-state index contributed by atoms with van der Waals surface area (Å²) >= 11 is 6.92. The zero-order valence-electron chi connectivity index (χ0n) is 20.0. The highest BCUT2D eigenvalue weighted by Crippen LogP contribution is 2.40. The van der Waals surface area contributed by atoms with Gasteiger partial charge in [0.05, 0.1) is 16.7 Å². The van der Waals surface area contributed by atoms with Crippen molar-refractivity contribution in [2.75, 3.05) is 5.73 Å². The van der Waals surface area contributed by atoms with Gasteiger partial charge in [-0.25, -0.2) is 4.98 Å². The Morgan fingerprint density at radius 1 is 0.897 bits per heavy atom. The number of nitrogen functional groups attached to an aromatic ring is 1. The molecule has 8 nitrogen and oxygen atoms in total. The van der Waals surface area contributed by atoms with Crippen LogP contribution in [0, 0.1) is 22.7 Å². The van der Waals surface area contributed by atoms with Crippen molar-refractivity contribution in [2.24, 2.45) is 0 Å². The van der Waals surface area contributed by atoms with E-state index in [1.165, 1.54) is 12.1 Å². The highest BCUT2D eigenvalue weighted by atomic mass is 35.5. The number of imide groups is 1. The first-order valence-corrected chi connectivity index (χ1v) is 12.7. The van der Waals surface area contributed by atoms with E-state index < -0.39 is 23.0 Å². The first-order chi connectivity index (χ1) is 18.8. The van der Waals surface area contributed by atoms with E-state index in [0.29, 0.717) is 10.6 Å². The molecule has 10 heteroatoms. The average Bonchev–Trinajstić information content (AvgIpc) is 3.20. The number of carbonyl (C=O) groups excluding carboxylic acids is 3. The van der Waals surface area contributed by atoms with Crippen LogP contribution in [0.5, 0.6) is 0 Å². The molecule has 3 aromatic carbocycles. The predicted molar refractivity (Wildman–Crippen MR) is 146 cm³/mol. The molecule has 1 aliphatic heterocycles. The first-order valence-electron chi connectivity index (χ1n) is 11.5. The number of nitrogens with two attached hydrogens (primary N) is 1. The molecule has 2 N–H and O–H groups in total. The summed E-state index contributed by atoms with van der Waals surface area (Å²) in [4.78, 5) is 45.7. The normalized spacial score (nSPS) is 12.9. The van der Waals surface area contributed by atoms with E-state index >= 15 is 0 Å². The average molecular weight is 550 g/mol. The Labute approximate surface area is 232 Å². The van der Waals surface area contributed by atoms with Crippen LogP contribution in [0.25, 0.3) is 11.1 Å². The SMILES string of the molecule is N#Cc1c(N)nc(SC(C(=O)c2ccccc2)N2C(=O)c3ccccc3C2=O)c(C#N)c1-c1cccc(Cl)c1. The van der Waals surface area contributed by atoms with Crippen LogP contribution in [0.3, 0.4) is 0 Å². The van der Waals surface area contributed by atoms with E-state index in [-0.39, 0.29) is 44.2 Å². The first kappa shape index (κ1) is 25.7. The minimum Gasteiger partial charge on any atom is -0.383 e. The summed E-state index contributed by atoms with van der Waals surface area (Å²) in [5.41, 5.74) is 7.28. The lowest BCUT2D eigenvalue weighted by molar-refractivity contribution is 0.0602. The number of benzene rings is 3. The van der Waals surface area contributed by atoms with Gasteiger partial charge < -0.3 is 5.73 Å². The highest BCUT2D eigenvalue weighted by Gasteiger charge is 2.44. The van der Waals surface area contributed by atoms with E-state index in [2.05, 4.69) is 11.1 Å². The van der Waals surface area contributed by atoms with Crippen molar-refractivity contribution in [1.29, 1.82) is 10.5 Å². The predicted octanol–water partition coefficient (Wildman–Crippen LogP) is 5.32. The van der Waals surface area contributed by atoms with E-state index in [9.17, 15) is 24.9 Å². The number of nitrogens with zero attached hydrogens (tertiary/aromatic N) is 4. The third-order valence-electron chi connectivity index (χ3n) is 6.09. The van der Waals surface area contributed by atoms with E-state index in [4.69, 9.17) is 17.3 Å². The van der Waals surface area contributed by atoms with E-state index in [1.54, 1.807) is 66.7 Å². The molecule has 188 valence electrons. The van der Waals surface area contributed by atoms with Crippen molar-refractivity contribution < 1.29 is 14.4 Å². The standard InChI is InChI=1S/C29H16ClN5O3S/c30-18-10-6-9-17(13-18)23-21(14-31)25(33)34-26(22(23)15-32)39-29(24(36)16-7-2-1-3-8-16)35-27(37)19-11-4-5-12-20(19)28(35)38/h1-13,29H,(H2,33,34). The summed E-state index contributed by atoms with van der Waals surface area (Å²) in [6.45, 7) is 0. The third-order valence-corrected chi connectivity index (χ3v) is 7.50. The Morgan fingerprint density at radius 3 is 2.10 bits per heavy atom. The molecule has 0 aliphatic carbocycles. The molecule has 2 heterocycles. The van der Waals surface area contributed by atoms with Gasteiger partial charge in [0.1, 0.15) is 28.5 Å². The maximum absolute atomic E-state index is 13.8. The molecule has 0 spiro atoms. The number of hydrogen-bond acceptors (Lipinski definition) is 8. The van der Waals surface area contributed by atoms with Gasteiger partial charge in [0.2, 0.25) is 0 Å². The zero-order chi connectivity index (χ0) is 27.7. The molecule has 1 aliphatic rings. The number of hydrogen-bond donors (Lipinski definition) is 1. The van der Waals surface area contributed by atoms with Crippen molar-refractivity contribution >= 4 is 46.8 Å². The minimum absolute atomic E-state index is 0.0187. The molecule has 0 bridgehead atoms. The van der Waals surface area contributed by atoms with Gasteiger partial charge in [-0.1, -0.05) is 78.0 Å². The maximum Gasteiger partial charge on any atom is 0.262 e. The lowest BCUT2D eigenvalue weighted by Crippen LogP contribution is -2.43. The van der Waals surface area contributed by atoms with Crippen LogP contribution in [0.15, 0.2) is 83.9 Å². The minimum atomic E-state index is -1.42. The summed E-state index contributed by atoms with van der Waals surface area (Å²) in [5, 5.41) is 19.0. The molecule has 2 amide bonds. The number of amides is 2. The number of halogens is 1. The molecule has 1 unspecified atom stereocenters. The molecule has 1 aromatic heterocycles. The third kappa shape index (κ3) is 4.51. The fourth-order valence-corrected chi connectivity index (χ4v) is 5.67. The highest BCUT2D eigenvalue weighted by molar-refractivity contribution is 8.00. The monoisotopic (exact) mass is 549 g/mol. The second-order valence-corrected chi connectivity index (χ2v) is 9.89. The second kappa shape index (κ2) is 10.4. The van der Waals surface area contributed by atoms with Crippen molar-refractivity contribution in [2.45, 2.75) is 10.4 Å². The summed E-state index contributed by atoms with van der Waals surface area (Å²) in [7, 11) is 0. The van der Waals surface area contributed by atoms with Gasteiger partial charge in [0.25, 0.3) is 11.8 Å². The Morgan fingerprint density at radius 2 is 1.51 bits per heavy atom. The number of aromatic nitrogens is 1. The number of rotatable bonds is 6. The number of carbonyl (C=O) groups is 3. The van der Waals surface area contributed by atoms with Gasteiger partial charge in [-0.3, -0.25) is 19.3 Å². The molecule has 5 rings (SSSR count). The van der Waals surface area contributed by atoms with E-state index in [0.717, 1.165) is 16.7 Å². The van der Waals surface area contributed by atoms with E-state index in [1.807, 2.05) is 6.07 Å². The summed E-state index contributed by atoms with van der Waals surface area (Å²) in [5.74, 6) is -2.02. The van der Waals surface area contributed by atoms with Crippen LogP contribution in [0.1, 0.15) is 42.2 Å². The van der Waals surface area contributed by atoms with Crippen LogP contribution < -0.4 is 5.73 Å². The topological polar surface area (TPSA) is 141 Å². The van der Waals surface area contributed by atoms with Crippen LogP contribution in [0.4, 0.5) is 5.82 Å². The summed E-state index contributed by atoms with van der Waals surface area (Å²) in [6, 6.07) is 25.1. The van der Waals surface area contributed by atoms with Crippen molar-refractivity contribution in [3.05, 3.63) is 112 Å². The number of pyridine rings is 1. The molecular formula is C29H16ClN5O3S. The molecule has 1 atom stereocenters. The van der Waals surface area contributed by atoms with Gasteiger partial charge in [-0.05, 0) is 29.8 Å². The number of ketones is 1. The summed E-state index contributed by atoms with van der Waals surface area (Å²) in [6.07, 6.45) is 0. The van der Waals surface area contributed by atoms with Crippen molar-refractivity contribution in [3.8, 4) is 23.3 Å². The fourth-order valence-electron chi connectivity index (χ4n) is 4.31. The lowest BCUT2D eigenvalue weighted by Gasteiger charge is -2.25. The largest absolute Gasteiger partial charge is 0.383 e. The van der Waals surface area contributed by atoms with Crippen LogP contribution >= 0.6 is 23.4 Å². The summed E-state index contributed by atoms with van der Waals surface area (Å²) < 4.78 is 0. The van der Waals surface area contributed by atoms with Gasteiger partial charge in [-0.15, -0.1) is 0 Å². The lowest BCUT2D eigenvalue weighted by atomic mass is 9.97. The second-order valence-electron chi connectivity index (χ2n) is 8.39. The molecule has 0 fully saturated rings. The smallest absolute Gasteiger partial charge is 0.262 e.